The molecule has 2 atom stereocenters. The van der Waals surface area contributed by atoms with Crippen molar-refractivity contribution in [1.82, 2.24) is 0 Å². The maximum absolute atomic E-state index is 6.01. The Kier molecular flexibility index (Phi) is 3.18. The smallest absolute Gasteiger partial charge is 0.0409 e. The lowest BCUT2D eigenvalue weighted by Gasteiger charge is -2.12. The second kappa shape index (κ2) is 4.24. The lowest BCUT2D eigenvalue weighted by molar-refractivity contribution is 0.508. The predicted molar refractivity (Wildman–Crippen MR) is 65.2 cm³/mol. The van der Waals surface area contributed by atoms with Crippen molar-refractivity contribution in [1.29, 1.82) is 0 Å². The van der Waals surface area contributed by atoms with Gasteiger partial charge in [0.05, 0.1) is 0 Å². The molecule has 0 aromatic heterocycles. The van der Waals surface area contributed by atoms with Crippen LogP contribution in [-0.2, 0) is 6.42 Å². The Morgan fingerprint density at radius 1 is 1.43 bits per heavy atom. The summed E-state index contributed by atoms with van der Waals surface area (Å²) in [5, 5.41) is 0.850. The van der Waals surface area contributed by atoms with Gasteiger partial charge < -0.3 is 0 Å². The minimum atomic E-state index is 0.480. The van der Waals surface area contributed by atoms with Crippen LogP contribution in [0.3, 0.4) is 0 Å². The summed E-state index contributed by atoms with van der Waals surface area (Å²) in [4.78, 5) is 0.480. The highest BCUT2D eigenvalue weighted by Gasteiger charge is 2.20. The molecule has 0 nitrogen and oxygen atoms in total. The van der Waals surface area contributed by atoms with E-state index < -0.39 is 0 Å². The highest BCUT2D eigenvalue weighted by molar-refractivity contribution is 9.09. The van der Waals surface area contributed by atoms with E-state index in [0.717, 1.165) is 10.9 Å². The molecule has 0 aliphatic heterocycles. The zero-order valence-electron chi connectivity index (χ0n) is 8.26. The van der Waals surface area contributed by atoms with Crippen molar-refractivity contribution in [3.8, 4) is 0 Å². The quantitative estimate of drug-likeness (QED) is 0.473. The summed E-state index contributed by atoms with van der Waals surface area (Å²) in [6.45, 7) is 2.32. The zero-order chi connectivity index (χ0) is 10.1. The molecule has 1 aromatic carbocycles. The third-order valence-corrected chi connectivity index (χ3v) is 4.06. The average molecular weight is 274 g/mol. The Labute approximate surface area is 98.8 Å². The highest BCUT2D eigenvalue weighted by atomic mass is 79.9. The number of hydrogen-bond donors (Lipinski definition) is 0. The van der Waals surface area contributed by atoms with Crippen LogP contribution >= 0.6 is 27.5 Å². The lowest BCUT2D eigenvalue weighted by Crippen LogP contribution is -1.95. The van der Waals surface area contributed by atoms with E-state index in [0.29, 0.717) is 4.83 Å². The van der Waals surface area contributed by atoms with Gasteiger partial charge in [0.2, 0.25) is 0 Å². The summed E-state index contributed by atoms with van der Waals surface area (Å²) in [5.74, 6) is 0.797. The van der Waals surface area contributed by atoms with Crippen LogP contribution in [0.15, 0.2) is 18.2 Å². The van der Waals surface area contributed by atoms with Crippen molar-refractivity contribution in [2.75, 3.05) is 0 Å². The Morgan fingerprint density at radius 2 is 2.21 bits per heavy atom. The molecule has 2 rings (SSSR count). The van der Waals surface area contributed by atoms with Gasteiger partial charge in [-0.3, -0.25) is 0 Å². The van der Waals surface area contributed by atoms with E-state index in [9.17, 15) is 0 Å². The molecule has 0 fully saturated rings. The van der Waals surface area contributed by atoms with Crippen LogP contribution in [-0.4, -0.2) is 0 Å². The largest absolute Gasteiger partial charge is 0.0843 e. The summed E-state index contributed by atoms with van der Waals surface area (Å²) < 4.78 is 0. The molecule has 1 aliphatic carbocycles. The summed E-state index contributed by atoms with van der Waals surface area (Å²) in [7, 11) is 0. The van der Waals surface area contributed by atoms with Crippen molar-refractivity contribution < 1.29 is 0 Å². The lowest BCUT2D eigenvalue weighted by atomic mass is 10.0. The third kappa shape index (κ3) is 2.14. The van der Waals surface area contributed by atoms with Crippen LogP contribution in [0, 0.1) is 5.92 Å². The molecule has 0 saturated heterocycles. The van der Waals surface area contributed by atoms with E-state index in [2.05, 4.69) is 35.0 Å². The third-order valence-electron chi connectivity index (χ3n) is 2.96. The molecule has 0 saturated carbocycles. The van der Waals surface area contributed by atoms with Crippen LogP contribution < -0.4 is 0 Å². The molecule has 2 unspecified atom stereocenters. The monoisotopic (exact) mass is 272 g/mol. The number of benzene rings is 1. The summed E-state index contributed by atoms with van der Waals surface area (Å²) in [6.07, 6.45) is 3.69. The van der Waals surface area contributed by atoms with Crippen molar-refractivity contribution in [3.63, 3.8) is 0 Å². The molecule has 1 aliphatic rings. The molecule has 76 valence electrons. The number of aryl methyl sites for hydroxylation is 1. The van der Waals surface area contributed by atoms with Gasteiger partial charge in [-0.2, -0.15) is 0 Å². The fourth-order valence-corrected chi connectivity index (χ4v) is 3.33. The van der Waals surface area contributed by atoms with Gasteiger partial charge in [-0.1, -0.05) is 40.5 Å². The number of rotatable bonds is 0. The van der Waals surface area contributed by atoms with Gasteiger partial charge >= 0.3 is 0 Å². The first kappa shape index (κ1) is 10.5. The van der Waals surface area contributed by atoms with E-state index in [-0.39, 0.29) is 0 Å². The normalized spacial score (nSPS) is 26.8. The van der Waals surface area contributed by atoms with Gasteiger partial charge in [0.1, 0.15) is 0 Å². The predicted octanol–water partition coefficient (Wildman–Crippen LogP) is 4.75. The number of hydrogen-bond acceptors (Lipinski definition) is 0. The van der Waals surface area contributed by atoms with Crippen molar-refractivity contribution in [2.24, 2.45) is 5.92 Å². The van der Waals surface area contributed by atoms with Crippen LogP contribution in [0.25, 0.3) is 0 Å². The standard InChI is InChI=1S/C12H14BrCl/c1-8-2-3-9-4-5-10(14)7-11(9)12(13)6-8/h4-5,7-8,12H,2-3,6H2,1H3. The molecule has 0 radical (unpaired) electrons. The fraction of sp³-hybridized carbons (Fsp3) is 0.500. The molecule has 0 N–H and O–H groups in total. The number of halogens is 2. The van der Waals surface area contributed by atoms with Gasteiger partial charge in [-0.25, -0.2) is 0 Å². The summed E-state index contributed by atoms with van der Waals surface area (Å²) >= 11 is 9.76. The Balaban J connectivity index is 2.39. The second-order valence-corrected chi connectivity index (χ2v) is 5.73. The van der Waals surface area contributed by atoms with E-state index in [1.807, 2.05) is 6.07 Å². The SMILES string of the molecule is CC1CCc2ccc(Cl)cc2C(Br)C1. The van der Waals surface area contributed by atoms with Crippen LogP contribution in [0.4, 0.5) is 0 Å². The first-order valence-electron chi connectivity index (χ1n) is 5.09. The second-order valence-electron chi connectivity index (χ2n) is 4.19. The van der Waals surface area contributed by atoms with E-state index >= 15 is 0 Å². The molecular weight excluding hydrogens is 259 g/mol. The number of fused-ring (bicyclic) bond motifs is 1. The van der Waals surface area contributed by atoms with Crippen LogP contribution in [0.5, 0.6) is 0 Å². The molecule has 0 heterocycles. The molecule has 0 spiro atoms. The first-order chi connectivity index (χ1) is 6.66. The van der Waals surface area contributed by atoms with Crippen LogP contribution in [0.1, 0.15) is 35.7 Å². The van der Waals surface area contributed by atoms with E-state index in [1.54, 1.807) is 0 Å². The van der Waals surface area contributed by atoms with Gasteiger partial charge in [0.15, 0.2) is 0 Å². The zero-order valence-corrected chi connectivity index (χ0v) is 10.6. The molecule has 0 bridgehead atoms. The van der Waals surface area contributed by atoms with Gasteiger partial charge in [0, 0.05) is 9.85 Å². The Hall–Kier alpha value is -0.0100. The minimum absolute atomic E-state index is 0.480. The average Bonchev–Trinajstić information content (AvgIpc) is 2.27. The first-order valence-corrected chi connectivity index (χ1v) is 6.38. The molecular formula is C12H14BrCl. The van der Waals surface area contributed by atoms with Crippen molar-refractivity contribution in [3.05, 3.63) is 34.3 Å². The maximum atomic E-state index is 6.01. The molecule has 14 heavy (non-hydrogen) atoms. The van der Waals surface area contributed by atoms with Gasteiger partial charge in [-0.15, -0.1) is 0 Å². The summed E-state index contributed by atoms with van der Waals surface area (Å²) in [6, 6.07) is 6.27. The van der Waals surface area contributed by atoms with Crippen molar-refractivity contribution in [2.45, 2.75) is 31.0 Å². The fourth-order valence-electron chi connectivity index (χ4n) is 2.09. The van der Waals surface area contributed by atoms with Crippen LogP contribution in [0.2, 0.25) is 5.02 Å². The Bertz CT molecular complexity index is 335. The summed E-state index contributed by atoms with van der Waals surface area (Å²) in [5.41, 5.74) is 2.85. The van der Waals surface area contributed by atoms with Crippen molar-refractivity contribution >= 4 is 27.5 Å². The minimum Gasteiger partial charge on any atom is -0.0843 e. The molecule has 0 amide bonds. The maximum Gasteiger partial charge on any atom is 0.0409 e. The highest BCUT2D eigenvalue weighted by Crippen LogP contribution is 2.38. The van der Waals surface area contributed by atoms with Gasteiger partial charge in [-0.05, 0) is 48.4 Å². The number of alkyl halides is 1. The molecule has 1 aromatic rings. The Morgan fingerprint density at radius 3 is 3.00 bits per heavy atom. The molecule has 2 heteroatoms. The topological polar surface area (TPSA) is 0 Å². The van der Waals surface area contributed by atoms with E-state index in [4.69, 9.17) is 11.6 Å². The van der Waals surface area contributed by atoms with Gasteiger partial charge in [0.25, 0.3) is 0 Å². The van der Waals surface area contributed by atoms with E-state index in [1.165, 1.54) is 30.4 Å².